The molecule has 0 radical (unpaired) electrons. The van der Waals surface area contributed by atoms with E-state index in [0.717, 1.165) is 18.8 Å². The average molecular weight is 239 g/mol. The first-order valence-electron chi connectivity index (χ1n) is 4.88. The van der Waals surface area contributed by atoms with Crippen molar-refractivity contribution in [1.82, 2.24) is 14.8 Å². The maximum atomic E-state index is 5.20. The van der Waals surface area contributed by atoms with E-state index in [1.807, 2.05) is 0 Å². The molecule has 0 atom stereocenters. The van der Waals surface area contributed by atoms with Gasteiger partial charge in [-0.2, -0.15) is 16.4 Å². The summed E-state index contributed by atoms with van der Waals surface area (Å²) in [6.07, 6.45) is 0.899. The number of hydrogen-bond donors (Lipinski definition) is 1. The standard InChI is InChI=1S/C10H13N3S2/c1-3-9-11-12-10(14)13(9)4-8-6-15-5-7(8)2/h5-6H,3-4H2,1-2H3,(H,12,14). The van der Waals surface area contributed by atoms with Crippen molar-refractivity contribution in [3.8, 4) is 0 Å². The fourth-order valence-electron chi connectivity index (χ4n) is 1.50. The van der Waals surface area contributed by atoms with Crippen molar-refractivity contribution in [3.63, 3.8) is 0 Å². The van der Waals surface area contributed by atoms with Crippen molar-refractivity contribution in [2.75, 3.05) is 0 Å². The van der Waals surface area contributed by atoms with Crippen LogP contribution in [0.5, 0.6) is 0 Å². The fraction of sp³-hybridized carbons (Fsp3) is 0.400. The smallest absolute Gasteiger partial charge is 0.195 e. The minimum Gasteiger partial charge on any atom is -0.300 e. The lowest BCUT2D eigenvalue weighted by atomic mass is 10.2. The molecule has 0 aliphatic heterocycles. The lowest BCUT2D eigenvalue weighted by Crippen LogP contribution is -2.04. The Morgan fingerprint density at radius 1 is 1.53 bits per heavy atom. The van der Waals surface area contributed by atoms with E-state index in [9.17, 15) is 0 Å². The summed E-state index contributed by atoms with van der Waals surface area (Å²) in [4.78, 5) is 0. The summed E-state index contributed by atoms with van der Waals surface area (Å²) in [5.41, 5.74) is 2.65. The summed E-state index contributed by atoms with van der Waals surface area (Å²) in [7, 11) is 0. The molecule has 0 bridgehead atoms. The number of H-pyrrole nitrogens is 1. The molecule has 3 nitrogen and oxygen atoms in total. The van der Waals surface area contributed by atoms with E-state index in [4.69, 9.17) is 12.2 Å². The minimum absolute atomic E-state index is 0.706. The fourth-order valence-corrected chi connectivity index (χ4v) is 2.57. The van der Waals surface area contributed by atoms with E-state index in [2.05, 4.69) is 39.4 Å². The Hall–Kier alpha value is -0.940. The molecule has 5 heteroatoms. The molecular weight excluding hydrogens is 226 g/mol. The molecular formula is C10H13N3S2. The normalized spacial score (nSPS) is 10.8. The first-order valence-corrected chi connectivity index (χ1v) is 6.23. The Morgan fingerprint density at radius 2 is 2.33 bits per heavy atom. The summed E-state index contributed by atoms with van der Waals surface area (Å²) in [6, 6.07) is 0. The van der Waals surface area contributed by atoms with E-state index < -0.39 is 0 Å². The second-order valence-electron chi connectivity index (χ2n) is 3.46. The zero-order valence-electron chi connectivity index (χ0n) is 8.78. The first kappa shape index (κ1) is 10.6. The van der Waals surface area contributed by atoms with E-state index in [1.54, 1.807) is 11.3 Å². The second kappa shape index (κ2) is 4.28. The summed E-state index contributed by atoms with van der Waals surface area (Å²) in [6.45, 7) is 5.04. The van der Waals surface area contributed by atoms with Crippen molar-refractivity contribution in [3.05, 3.63) is 32.5 Å². The lowest BCUT2D eigenvalue weighted by molar-refractivity contribution is 0.723. The van der Waals surface area contributed by atoms with E-state index >= 15 is 0 Å². The van der Waals surface area contributed by atoms with Crippen LogP contribution in [0.1, 0.15) is 23.9 Å². The molecule has 2 aromatic rings. The first-order chi connectivity index (χ1) is 7.22. The lowest BCUT2D eigenvalue weighted by Gasteiger charge is -2.04. The van der Waals surface area contributed by atoms with Crippen molar-refractivity contribution in [2.45, 2.75) is 26.8 Å². The molecule has 0 aliphatic rings. The quantitative estimate of drug-likeness (QED) is 0.836. The van der Waals surface area contributed by atoms with Crippen LogP contribution in [0.15, 0.2) is 10.8 Å². The van der Waals surface area contributed by atoms with Gasteiger partial charge in [-0.1, -0.05) is 6.92 Å². The van der Waals surface area contributed by atoms with Gasteiger partial charge in [-0.05, 0) is 41.0 Å². The zero-order chi connectivity index (χ0) is 10.8. The summed E-state index contributed by atoms with van der Waals surface area (Å²) in [5.74, 6) is 1.02. The Balaban J connectivity index is 2.35. The predicted molar refractivity (Wildman–Crippen MR) is 64.9 cm³/mol. The van der Waals surface area contributed by atoms with Gasteiger partial charge in [-0.3, -0.25) is 9.67 Å². The van der Waals surface area contributed by atoms with Crippen LogP contribution >= 0.6 is 23.6 Å². The number of hydrogen-bond acceptors (Lipinski definition) is 3. The average Bonchev–Trinajstić information content (AvgIpc) is 2.77. The van der Waals surface area contributed by atoms with Gasteiger partial charge in [0, 0.05) is 6.42 Å². The summed E-state index contributed by atoms with van der Waals surface area (Å²) >= 11 is 6.93. The number of nitrogens with zero attached hydrogens (tertiary/aromatic N) is 2. The number of aryl methyl sites for hydroxylation is 2. The topological polar surface area (TPSA) is 33.6 Å². The van der Waals surface area contributed by atoms with Crippen molar-refractivity contribution < 1.29 is 0 Å². The number of rotatable bonds is 3. The molecule has 0 saturated carbocycles. The highest BCUT2D eigenvalue weighted by Crippen LogP contribution is 2.15. The van der Waals surface area contributed by atoms with Gasteiger partial charge in [0.25, 0.3) is 0 Å². The highest BCUT2D eigenvalue weighted by Gasteiger charge is 2.06. The van der Waals surface area contributed by atoms with E-state index in [0.29, 0.717) is 4.77 Å². The van der Waals surface area contributed by atoms with Gasteiger partial charge >= 0.3 is 0 Å². The van der Waals surface area contributed by atoms with Crippen LogP contribution in [-0.4, -0.2) is 14.8 Å². The van der Waals surface area contributed by atoms with Crippen molar-refractivity contribution in [1.29, 1.82) is 0 Å². The number of aromatic nitrogens is 3. The molecule has 1 N–H and O–H groups in total. The predicted octanol–water partition coefficient (Wildman–Crippen LogP) is 2.92. The highest BCUT2D eigenvalue weighted by atomic mass is 32.1. The molecule has 0 unspecified atom stereocenters. The van der Waals surface area contributed by atoms with Gasteiger partial charge in [-0.25, -0.2) is 0 Å². The van der Waals surface area contributed by atoms with Gasteiger partial charge < -0.3 is 0 Å². The number of nitrogens with one attached hydrogen (secondary N) is 1. The van der Waals surface area contributed by atoms with Crippen LogP contribution in [0.25, 0.3) is 0 Å². The Morgan fingerprint density at radius 3 is 2.93 bits per heavy atom. The Bertz CT molecular complexity index is 507. The molecule has 0 saturated heterocycles. The Kier molecular flexibility index (Phi) is 3.02. The monoisotopic (exact) mass is 239 g/mol. The molecule has 0 fully saturated rings. The van der Waals surface area contributed by atoms with Gasteiger partial charge in [0.15, 0.2) is 4.77 Å². The van der Waals surface area contributed by atoms with Gasteiger partial charge in [0.2, 0.25) is 0 Å². The summed E-state index contributed by atoms with van der Waals surface area (Å²) < 4.78 is 2.77. The van der Waals surface area contributed by atoms with Crippen LogP contribution in [0.3, 0.4) is 0 Å². The second-order valence-corrected chi connectivity index (χ2v) is 4.59. The van der Waals surface area contributed by atoms with Crippen LogP contribution in [0.4, 0.5) is 0 Å². The maximum Gasteiger partial charge on any atom is 0.195 e. The maximum absolute atomic E-state index is 5.20. The highest BCUT2D eigenvalue weighted by molar-refractivity contribution is 7.71. The van der Waals surface area contributed by atoms with Crippen LogP contribution < -0.4 is 0 Å². The van der Waals surface area contributed by atoms with Crippen LogP contribution in [0.2, 0.25) is 0 Å². The van der Waals surface area contributed by atoms with Crippen molar-refractivity contribution >= 4 is 23.6 Å². The van der Waals surface area contributed by atoms with Crippen LogP contribution in [-0.2, 0) is 13.0 Å². The minimum atomic E-state index is 0.706. The van der Waals surface area contributed by atoms with Crippen LogP contribution in [0, 0.1) is 11.7 Å². The molecule has 80 valence electrons. The molecule has 0 aromatic carbocycles. The molecule has 2 rings (SSSR count). The van der Waals surface area contributed by atoms with E-state index in [1.165, 1.54) is 11.1 Å². The van der Waals surface area contributed by atoms with Gasteiger partial charge in [0.1, 0.15) is 5.82 Å². The summed E-state index contributed by atoms with van der Waals surface area (Å²) in [5, 5.41) is 11.4. The third kappa shape index (κ3) is 2.03. The molecule has 0 aliphatic carbocycles. The number of thiophene rings is 1. The SMILES string of the molecule is CCc1n[nH]c(=S)n1Cc1cscc1C. The van der Waals surface area contributed by atoms with Gasteiger partial charge in [0.05, 0.1) is 6.54 Å². The third-order valence-electron chi connectivity index (χ3n) is 2.44. The zero-order valence-corrected chi connectivity index (χ0v) is 10.4. The van der Waals surface area contributed by atoms with E-state index in [-0.39, 0.29) is 0 Å². The Labute approximate surface area is 97.8 Å². The molecule has 2 heterocycles. The number of aromatic amines is 1. The third-order valence-corrected chi connectivity index (χ3v) is 3.67. The molecule has 15 heavy (non-hydrogen) atoms. The molecule has 0 spiro atoms. The van der Waals surface area contributed by atoms with Gasteiger partial charge in [-0.15, -0.1) is 0 Å². The molecule has 0 amide bonds. The van der Waals surface area contributed by atoms with Crippen molar-refractivity contribution in [2.24, 2.45) is 0 Å². The largest absolute Gasteiger partial charge is 0.300 e. The molecule has 2 aromatic heterocycles.